The molecule has 0 aliphatic heterocycles. The Bertz CT molecular complexity index is 664. The molecule has 0 heterocycles. The predicted octanol–water partition coefficient (Wildman–Crippen LogP) is 4.47. The molecule has 4 nitrogen and oxygen atoms in total. The lowest BCUT2D eigenvalue weighted by Crippen LogP contribution is -2.14. The molecule has 0 bridgehead atoms. The van der Waals surface area contributed by atoms with E-state index in [2.05, 4.69) is 12.2 Å². The van der Waals surface area contributed by atoms with Gasteiger partial charge in [0.25, 0.3) is 0 Å². The average molecular weight is 311 g/mol. The molecule has 1 saturated carbocycles. The van der Waals surface area contributed by atoms with E-state index in [9.17, 15) is 4.79 Å². The summed E-state index contributed by atoms with van der Waals surface area (Å²) in [6.07, 6.45) is 0.991. The normalized spacial score (nSPS) is 19.0. The maximum absolute atomic E-state index is 11.9. The van der Waals surface area contributed by atoms with Crippen molar-refractivity contribution in [1.29, 1.82) is 0 Å². The van der Waals surface area contributed by atoms with E-state index in [1.54, 1.807) is 0 Å². The third kappa shape index (κ3) is 4.03. The van der Waals surface area contributed by atoms with Crippen LogP contribution in [0.5, 0.6) is 17.2 Å². The topological polar surface area (TPSA) is 47.6 Å². The van der Waals surface area contributed by atoms with Crippen molar-refractivity contribution < 1.29 is 14.3 Å². The summed E-state index contributed by atoms with van der Waals surface area (Å²) in [5, 5.41) is 2.94. The molecule has 2 aromatic rings. The van der Waals surface area contributed by atoms with Crippen LogP contribution in [0.15, 0.2) is 48.5 Å². The Hall–Kier alpha value is -2.49. The van der Waals surface area contributed by atoms with Crippen LogP contribution in [-0.4, -0.2) is 12.5 Å². The lowest BCUT2D eigenvalue weighted by Gasteiger charge is -2.09. The first-order valence-electron chi connectivity index (χ1n) is 7.97. The molecule has 0 radical (unpaired) electrons. The van der Waals surface area contributed by atoms with Gasteiger partial charge in [0, 0.05) is 11.6 Å². The standard InChI is InChI=1S/C19H21NO3/c1-3-22-15-8-10-17(11-9-15)23-16-6-4-14(5-7-16)20-19(21)18-12-13(18)2/h4-11,13,18H,3,12H2,1-2H3,(H,20,21)/t13-,18-/m0/s1. The largest absolute Gasteiger partial charge is 0.494 e. The second-order valence-electron chi connectivity index (χ2n) is 5.84. The Labute approximate surface area is 136 Å². The van der Waals surface area contributed by atoms with Gasteiger partial charge in [-0.3, -0.25) is 4.79 Å². The van der Waals surface area contributed by atoms with Crippen LogP contribution in [0.4, 0.5) is 5.69 Å². The molecule has 1 amide bonds. The van der Waals surface area contributed by atoms with Gasteiger partial charge in [0.1, 0.15) is 17.2 Å². The van der Waals surface area contributed by atoms with Gasteiger partial charge in [-0.2, -0.15) is 0 Å². The van der Waals surface area contributed by atoms with Crippen molar-refractivity contribution in [2.45, 2.75) is 20.3 Å². The quantitative estimate of drug-likeness (QED) is 0.856. The Balaban J connectivity index is 1.57. The summed E-state index contributed by atoms with van der Waals surface area (Å²) in [7, 11) is 0. The Morgan fingerprint density at radius 3 is 2.09 bits per heavy atom. The van der Waals surface area contributed by atoms with Crippen molar-refractivity contribution in [2.75, 3.05) is 11.9 Å². The Kier molecular flexibility index (Phi) is 4.51. The summed E-state index contributed by atoms with van der Waals surface area (Å²) in [6, 6.07) is 14.9. The monoisotopic (exact) mass is 311 g/mol. The van der Waals surface area contributed by atoms with Gasteiger partial charge in [-0.1, -0.05) is 6.92 Å². The van der Waals surface area contributed by atoms with Crippen molar-refractivity contribution in [1.82, 2.24) is 0 Å². The maximum Gasteiger partial charge on any atom is 0.227 e. The number of hydrogen-bond donors (Lipinski definition) is 1. The van der Waals surface area contributed by atoms with Crippen LogP contribution in [0, 0.1) is 11.8 Å². The van der Waals surface area contributed by atoms with E-state index < -0.39 is 0 Å². The molecule has 4 heteroatoms. The summed E-state index contributed by atoms with van der Waals surface area (Å²) >= 11 is 0. The first-order valence-corrected chi connectivity index (χ1v) is 7.97. The fourth-order valence-corrected chi connectivity index (χ4v) is 2.44. The van der Waals surface area contributed by atoms with E-state index >= 15 is 0 Å². The molecule has 120 valence electrons. The molecule has 1 aliphatic rings. The number of benzene rings is 2. The summed E-state index contributed by atoms with van der Waals surface area (Å²) in [6.45, 7) is 4.69. The number of rotatable bonds is 6. The maximum atomic E-state index is 11.9. The van der Waals surface area contributed by atoms with Crippen LogP contribution in [-0.2, 0) is 4.79 Å². The third-order valence-corrected chi connectivity index (χ3v) is 3.94. The molecule has 1 aliphatic carbocycles. The van der Waals surface area contributed by atoms with E-state index in [0.29, 0.717) is 12.5 Å². The molecule has 23 heavy (non-hydrogen) atoms. The molecule has 2 aromatic carbocycles. The summed E-state index contributed by atoms with van der Waals surface area (Å²) in [5.74, 6) is 3.10. The van der Waals surface area contributed by atoms with Gasteiger partial charge in [-0.15, -0.1) is 0 Å². The number of nitrogens with one attached hydrogen (secondary N) is 1. The number of anilines is 1. The minimum atomic E-state index is 0.109. The van der Waals surface area contributed by atoms with Gasteiger partial charge in [-0.25, -0.2) is 0 Å². The minimum absolute atomic E-state index is 0.109. The smallest absolute Gasteiger partial charge is 0.227 e. The summed E-state index contributed by atoms with van der Waals surface area (Å²) in [5.41, 5.74) is 0.799. The van der Waals surface area contributed by atoms with Crippen LogP contribution in [0.3, 0.4) is 0 Å². The van der Waals surface area contributed by atoms with E-state index in [-0.39, 0.29) is 11.8 Å². The van der Waals surface area contributed by atoms with Crippen molar-refractivity contribution in [3.63, 3.8) is 0 Å². The highest BCUT2D eigenvalue weighted by Crippen LogP contribution is 2.38. The molecule has 3 rings (SSSR count). The molecule has 1 fully saturated rings. The zero-order chi connectivity index (χ0) is 16.2. The van der Waals surface area contributed by atoms with E-state index in [4.69, 9.17) is 9.47 Å². The number of carbonyl (C=O) groups is 1. The number of amides is 1. The highest BCUT2D eigenvalue weighted by Gasteiger charge is 2.38. The lowest BCUT2D eigenvalue weighted by molar-refractivity contribution is -0.117. The minimum Gasteiger partial charge on any atom is -0.494 e. The second-order valence-corrected chi connectivity index (χ2v) is 5.84. The molecule has 0 saturated heterocycles. The molecule has 2 atom stereocenters. The van der Waals surface area contributed by atoms with Gasteiger partial charge < -0.3 is 14.8 Å². The predicted molar refractivity (Wildman–Crippen MR) is 90.0 cm³/mol. The van der Waals surface area contributed by atoms with E-state index in [1.165, 1.54) is 0 Å². The summed E-state index contributed by atoms with van der Waals surface area (Å²) in [4.78, 5) is 11.9. The van der Waals surface area contributed by atoms with Crippen LogP contribution >= 0.6 is 0 Å². The summed E-state index contributed by atoms with van der Waals surface area (Å²) < 4.78 is 11.2. The Morgan fingerprint density at radius 1 is 1.04 bits per heavy atom. The fourth-order valence-electron chi connectivity index (χ4n) is 2.44. The molecule has 1 N–H and O–H groups in total. The van der Waals surface area contributed by atoms with Crippen LogP contribution < -0.4 is 14.8 Å². The second kappa shape index (κ2) is 6.73. The molecular weight excluding hydrogens is 290 g/mol. The number of carbonyl (C=O) groups excluding carboxylic acids is 1. The lowest BCUT2D eigenvalue weighted by atomic mass is 10.2. The first kappa shape index (κ1) is 15.4. The van der Waals surface area contributed by atoms with Crippen molar-refractivity contribution >= 4 is 11.6 Å². The average Bonchev–Trinajstić information content (AvgIpc) is 3.28. The van der Waals surface area contributed by atoms with E-state index in [0.717, 1.165) is 29.4 Å². The first-order chi connectivity index (χ1) is 11.2. The molecule has 0 unspecified atom stereocenters. The van der Waals surface area contributed by atoms with Gasteiger partial charge >= 0.3 is 0 Å². The van der Waals surface area contributed by atoms with Gasteiger partial charge in [0.15, 0.2) is 0 Å². The van der Waals surface area contributed by atoms with Gasteiger partial charge in [0.2, 0.25) is 5.91 Å². The van der Waals surface area contributed by atoms with E-state index in [1.807, 2.05) is 55.5 Å². The SMILES string of the molecule is CCOc1ccc(Oc2ccc(NC(=O)[C@H]3C[C@@H]3C)cc2)cc1. The highest BCUT2D eigenvalue weighted by atomic mass is 16.5. The zero-order valence-corrected chi connectivity index (χ0v) is 13.4. The zero-order valence-electron chi connectivity index (χ0n) is 13.4. The van der Waals surface area contributed by atoms with Gasteiger partial charge in [0.05, 0.1) is 6.61 Å². The Morgan fingerprint density at radius 2 is 1.57 bits per heavy atom. The molecule has 0 aromatic heterocycles. The van der Waals surface area contributed by atoms with Gasteiger partial charge in [-0.05, 0) is 67.8 Å². The van der Waals surface area contributed by atoms with Crippen molar-refractivity contribution in [2.24, 2.45) is 11.8 Å². The van der Waals surface area contributed by atoms with Crippen molar-refractivity contribution in [3.8, 4) is 17.2 Å². The van der Waals surface area contributed by atoms with Crippen LogP contribution in [0.2, 0.25) is 0 Å². The molecule has 0 spiro atoms. The number of hydrogen-bond acceptors (Lipinski definition) is 3. The molecular formula is C19H21NO3. The fraction of sp³-hybridized carbons (Fsp3) is 0.316. The highest BCUT2D eigenvalue weighted by molar-refractivity contribution is 5.94. The van der Waals surface area contributed by atoms with Crippen LogP contribution in [0.25, 0.3) is 0 Å². The number of ether oxygens (including phenoxy) is 2. The van der Waals surface area contributed by atoms with Crippen LogP contribution in [0.1, 0.15) is 20.3 Å². The van der Waals surface area contributed by atoms with Crippen molar-refractivity contribution in [3.05, 3.63) is 48.5 Å². The third-order valence-electron chi connectivity index (χ3n) is 3.94.